The fourth-order valence-electron chi connectivity index (χ4n) is 1.69. The highest BCUT2D eigenvalue weighted by molar-refractivity contribution is 5.74. The third-order valence-corrected chi connectivity index (χ3v) is 2.58. The SMILES string of the molecule is COc1cc(C)cc(-c2cnn(C)c2N)c1. The third kappa shape index (κ3) is 1.74. The predicted octanol–water partition coefficient (Wildman–Crippen LogP) is 1.99. The molecule has 2 rings (SSSR count). The number of anilines is 1. The van der Waals surface area contributed by atoms with Gasteiger partial charge in [-0.2, -0.15) is 5.10 Å². The summed E-state index contributed by atoms with van der Waals surface area (Å²) in [5, 5.41) is 4.13. The lowest BCUT2D eigenvalue weighted by Crippen LogP contribution is -1.98. The van der Waals surface area contributed by atoms with Crippen LogP contribution in [0.1, 0.15) is 5.56 Å². The number of hydrogen-bond acceptors (Lipinski definition) is 3. The van der Waals surface area contributed by atoms with Crippen molar-refractivity contribution in [3.8, 4) is 16.9 Å². The Kier molecular flexibility index (Phi) is 2.56. The third-order valence-electron chi connectivity index (χ3n) is 2.58. The van der Waals surface area contributed by atoms with Gasteiger partial charge in [0.2, 0.25) is 0 Å². The zero-order chi connectivity index (χ0) is 11.7. The van der Waals surface area contributed by atoms with E-state index in [-0.39, 0.29) is 0 Å². The first-order valence-electron chi connectivity index (χ1n) is 5.05. The molecule has 0 aliphatic carbocycles. The summed E-state index contributed by atoms with van der Waals surface area (Å²) >= 11 is 0. The molecule has 4 heteroatoms. The van der Waals surface area contributed by atoms with Gasteiger partial charge in [0.15, 0.2) is 0 Å². The highest BCUT2D eigenvalue weighted by atomic mass is 16.5. The van der Waals surface area contributed by atoms with E-state index < -0.39 is 0 Å². The molecule has 0 saturated carbocycles. The molecule has 0 spiro atoms. The normalized spacial score (nSPS) is 10.4. The van der Waals surface area contributed by atoms with E-state index in [4.69, 9.17) is 10.5 Å². The summed E-state index contributed by atoms with van der Waals surface area (Å²) in [6.45, 7) is 2.03. The monoisotopic (exact) mass is 217 g/mol. The number of benzene rings is 1. The van der Waals surface area contributed by atoms with E-state index in [2.05, 4.69) is 11.2 Å². The van der Waals surface area contributed by atoms with Gasteiger partial charge in [-0.15, -0.1) is 0 Å². The molecule has 4 nitrogen and oxygen atoms in total. The topological polar surface area (TPSA) is 53.1 Å². The number of ether oxygens (including phenoxy) is 1. The first-order valence-corrected chi connectivity index (χ1v) is 5.05. The Labute approximate surface area is 94.6 Å². The molecule has 0 radical (unpaired) electrons. The molecule has 0 aliphatic heterocycles. The lowest BCUT2D eigenvalue weighted by molar-refractivity contribution is 0.414. The van der Waals surface area contributed by atoms with Gasteiger partial charge < -0.3 is 10.5 Å². The summed E-state index contributed by atoms with van der Waals surface area (Å²) in [5.74, 6) is 1.49. The molecule has 1 aromatic heterocycles. The summed E-state index contributed by atoms with van der Waals surface area (Å²) < 4.78 is 6.89. The maximum absolute atomic E-state index is 5.94. The zero-order valence-electron chi connectivity index (χ0n) is 9.69. The Morgan fingerprint density at radius 3 is 2.62 bits per heavy atom. The van der Waals surface area contributed by atoms with Gasteiger partial charge in [0.05, 0.1) is 13.3 Å². The molecule has 2 aromatic rings. The second-order valence-corrected chi connectivity index (χ2v) is 3.81. The van der Waals surface area contributed by atoms with Crippen LogP contribution >= 0.6 is 0 Å². The van der Waals surface area contributed by atoms with Gasteiger partial charge >= 0.3 is 0 Å². The predicted molar refractivity (Wildman–Crippen MR) is 64.3 cm³/mol. The van der Waals surface area contributed by atoms with E-state index in [1.54, 1.807) is 18.0 Å². The van der Waals surface area contributed by atoms with Crippen molar-refractivity contribution in [3.63, 3.8) is 0 Å². The molecular weight excluding hydrogens is 202 g/mol. The number of hydrogen-bond donors (Lipinski definition) is 1. The summed E-state index contributed by atoms with van der Waals surface area (Å²) in [6.07, 6.45) is 1.77. The van der Waals surface area contributed by atoms with E-state index in [1.807, 2.05) is 26.1 Å². The molecule has 2 N–H and O–H groups in total. The Hall–Kier alpha value is -1.97. The van der Waals surface area contributed by atoms with Crippen LogP contribution < -0.4 is 10.5 Å². The molecule has 0 atom stereocenters. The number of aromatic nitrogens is 2. The van der Waals surface area contributed by atoms with Crippen LogP contribution in [0.25, 0.3) is 11.1 Å². The minimum atomic E-state index is 0.660. The second-order valence-electron chi connectivity index (χ2n) is 3.81. The summed E-state index contributed by atoms with van der Waals surface area (Å²) in [7, 11) is 3.48. The van der Waals surface area contributed by atoms with E-state index >= 15 is 0 Å². The number of aryl methyl sites for hydroxylation is 2. The number of nitrogens with zero attached hydrogens (tertiary/aromatic N) is 2. The minimum Gasteiger partial charge on any atom is -0.497 e. The lowest BCUT2D eigenvalue weighted by Gasteiger charge is -2.06. The summed E-state index contributed by atoms with van der Waals surface area (Å²) in [4.78, 5) is 0. The first kappa shape index (κ1) is 10.5. The maximum atomic E-state index is 5.94. The number of nitrogen functional groups attached to an aromatic ring is 1. The van der Waals surface area contributed by atoms with E-state index in [9.17, 15) is 0 Å². The Morgan fingerprint density at radius 1 is 1.31 bits per heavy atom. The van der Waals surface area contributed by atoms with E-state index in [0.717, 1.165) is 22.4 Å². The number of nitrogens with two attached hydrogens (primary N) is 1. The van der Waals surface area contributed by atoms with Crippen molar-refractivity contribution in [2.75, 3.05) is 12.8 Å². The van der Waals surface area contributed by atoms with Crippen molar-refractivity contribution < 1.29 is 4.74 Å². The highest BCUT2D eigenvalue weighted by Gasteiger charge is 2.08. The van der Waals surface area contributed by atoms with Crippen molar-refractivity contribution in [1.29, 1.82) is 0 Å². The Bertz CT molecular complexity index is 517. The van der Waals surface area contributed by atoms with Gasteiger partial charge in [-0.1, -0.05) is 6.07 Å². The lowest BCUT2D eigenvalue weighted by atomic mass is 10.1. The molecular formula is C12H15N3O. The van der Waals surface area contributed by atoms with Gasteiger partial charge in [0.25, 0.3) is 0 Å². The summed E-state index contributed by atoms with van der Waals surface area (Å²) in [5.41, 5.74) is 9.04. The van der Waals surface area contributed by atoms with E-state index in [0.29, 0.717) is 5.82 Å². The largest absolute Gasteiger partial charge is 0.497 e. The minimum absolute atomic E-state index is 0.660. The Balaban J connectivity index is 2.55. The molecule has 0 unspecified atom stereocenters. The maximum Gasteiger partial charge on any atom is 0.129 e. The molecule has 0 amide bonds. The average molecular weight is 217 g/mol. The van der Waals surface area contributed by atoms with Crippen LogP contribution in [0.5, 0.6) is 5.75 Å². The second kappa shape index (κ2) is 3.89. The van der Waals surface area contributed by atoms with Crippen LogP contribution in [-0.4, -0.2) is 16.9 Å². The van der Waals surface area contributed by atoms with Crippen molar-refractivity contribution in [1.82, 2.24) is 9.78 Å². The molecule has 84 valence electrons. The molecule has 1 heterocycles. The molecule has 1 aromatic carbocycles. The molecule has 0 saturated heterocycles. The van der Waals surface area contributed by atoms with Crippen LogP contribution in [0.15, 0.2) is 24.4 Å². The average Bonchev–Trinajstić information content (AvgIpc) is 2.59. The quantitative estimate of drug-likeness (QED) is 0.836. The zero-order valence-corrected chi connectivity index (χ0v) is 9.69. The van der Waals surface area contributed by atoms with Crippen LogP contribution in [-0.2, 0) is 7.05 Å². The van der Waals surface area contributed by atoms with E-state index in [1.165, 1.54) is 0 Å². The Morgan fingerprint density at radius 2 is 2.06 bits per heavy atom. The standard InChI is InChI=1S/C12H15N3O/c1-8-4-9(6-10(5-8)16-3)11-7-14-15(2)12(11)13/h4-7H,13H2,1-3H3. The molecule has 16 heavy (non-hydrogen) atoms. The first-order chi connectivity index (χ1) is 7.61. The molecule has 0 fully saturated rings. The van der Waals surface area contributed by atoms with Crippen LogP contribution in [0.2, 0.25) is 0 Å². The smallest absolute Gasteiger partial charge is 0.129 e. The number of methoxy groups -OCH3 is 1. The molecule has 0 bridgehead atoms. The van der Waals surface area contributed by atoms with Gasteiger partial charge in [-0.05, 0) is 30.2 Å². The van der Waals surface area contributed by atoms with Crippen molar-refractivity contribution in [3.05, 3.63) is 30.0 Å². The van der Waals surface area contributed by atoms with Crippen molar-refractivity contribution >= 4 is 5.82 Å². The van der Waals surface area contributed by atoms with Gasteiger partial charge in [-0.25, -0.2) is 0 Å². The van der Waals surface area contributed by atoms with Crippen LogP contribution in [0.4, 0.5) is 5.82 Å². The van der Waals surface area contributed by atoms with Crippen LogP contribution in [0.3, 0.4) is 0 Å². The van der Waals surface area contributed by atoms with Crippen molar-refractivity contribution in [2.24, 2.45) is 7.05 Å². The fourth-order valence-corrected chi connectivity index (χ4v) is 1.69. The fraction of sp³-hybridized carbons (Fsp3) is 0.250. The number of rotatable bonds is 2. The molecule has 0 aliphatic rings. The highest BCUT2D eigenvalue weighted by Crippen LogP contribution is 2.29. The van der Waals surface area contributed by atoms with Gasteiger partial charge in [0, 0.05) is 12.6 Å². The van der Waals surface area contributed by atoms with Crippen LogP contribution in [0, 0.1) is 6.92 Å². The van der Waals surface area contributed by atoms with Gasteiger partial charge in [-0.3, -0.25) is 4.68 Å². The van der Waals surface area contributed by atoms with Gasteiger partial charge in [0.1, 0.15) is 11.6 Å². The van der Waals surface area contributed by atoms with Crippen molar-refractivity contribution in [2.45, 2.75) is 6.92 Å². The summed E-state index contributed by atoms with van der Waals surface area (Å²) in [6, 6.07) is 6.01.